The Morgan fingerprint density at radius 1 is 1.16 bits per heavy atom. The van der Waals surface area contributed by atoms with E-state index in [0.717, 1.165) is 18.4 Å². The minimum Gasteiger partial charge on any atom is -0.493 e. The maximum Gasteiger partial charge on any atom is 0.203 e. The van der Waals surface area contributed by atoms with E-state index in [1.54, 1.807) is 20.3 Å². The van der Waals surface area contributed by atoms with Crippen LogP contribution in [0.3, 0.4) is 0 Å². The molecule has 3 heteroatoms. The van der Waals surface area contributed by atoms with Crippen LogP contribution in [0.5, 0.6) is 17.2 Å². The molecular weight excluding hydrogens is 240 g/mol. The number of hydrogen-bond acceptors (Lipinski definition) is 3. The zero-order valence-electron chi connectivity index (χ0n) is 11.9. The Balaban J connectivity index is 3.08. The predicted molar refractivity (Wildman–Crippen MR) is 79.2 cm³/mol. The van der Waals surface area contributed by atoms with Crippen LogP contribution in [0.2, 0.25) is 0 Å². The molecule has 0 N–H and O–H groups in total. The molecule has 0 spiro atoms. The van der Waals surface area contributed by atoms with Gasteiger partial charge in [0.05, 0.1) is 14.2 Å². The molecule has 19 heavy (non-hydrogen) atoms. The van der Waals surface area contributed by atoms with E-state index < -0.39 is 0 Å². The Labute approximate surface area is 115 Å². The smallest absolute Gasteiger partial charge is 0.203 e. The van der Waals surface area contributed by atoms with Crippen LogP contribution in [0.1, 0.15) is 25.3 Å². The van der Waals surface area contributed by atoms with Gasteiger partial charge < -0.3 is 14.2 Å². The highest BCUT2D eigenvalue weighted by molar-refractivity contribution is 5.62. The summed E-state index contributed by atoms with van der Waals surface area (Å²) in [7, 11) is 3.24. The molecule has 0 aliphatic heterocycles. The summed E-state index contributed by atoms with van der Waals surface area (Å²) in [4.78, 5) is 0. The minimum atomic E-state index is 0.414. The molecule has 0 saturated carbocycles. The van der Waals surface area contributed by atoms with Crippen molar-refractivity contribution in [1.82, 2.24) is 0 Å². The zero-order chi connectivity index (χ0) is 14.1. The molecule has 1 rings (SSSR count). The van der Waals surface area contributed by atoms with E-state index >= 15 is 0 Å². The maximum atomic E-state index is 5.59. The third-order valence-corrected chi connectivity index (χ3v) is 2.59. The summed E-state index contributed by atoms with van der Waals surface area (Å²) in [5, 5.41) is 0. The Morgan fingerprint density at radius 3 is 2.26 bits per heavy atom. The van der Waals surface area contributed by atoms with Gasteiger partial charge >= 0.3 is 0 Å². The van der Waals surface area contributed by atoms with Gasteiger partial charge in [0.1, 0.15) is 6.61 Å². The summed E-state index contributed by atoms with van der Waals surface area (Å²) in [6, 6.07) is 3.88. The Kier molecular flexibility index (Phi) is 6.58. The molecule has 0 bridgehead atoms. The van der Waals surface area contributed by atoms with E-state index in [4.69, 9.17) is 14.2 Å². The fourth-order valence-electron chi connectivity index (χ4n) is 1.67. The monoisotopic (exact) mass is 262 g/mol. The largest absolute Gasteiger partial charge is 0.493 e. The fraction of sp³-hybridized carbons (Fsp3) is 0.375. The van der Waals surface area contributed by atoms with Crippen molar-refractivity contribution < 1.29 is 14.2 Å². The third-order valence-electron chi connectivity index (χ3n) is 2.59. The lowest BCUT2D eigenvalue weighted by atomic mass is 10.1. The third kappa shape index (κ3) is 4.36. The number of ether oxygens (including phenoxy) is 3. The van der Waals surface area contributed by atoms with Gasteiger partial charge in [-0.15, -0.1) is 0 Å². The van der Waals surface area contributed by atoms with Gasteiger partial charge in [0.2, 0.25) is 5.75 Å². The molecule has 104 valence electrons. The number of hydrogen-bond donors (Lipinski definition) is 0. The summed E-state index contributed by atoms with van der Waals surface area (Å²) < 4.78 is 16.3. The van der Waals surface area contributed by atoms with Crippen LogP contribution in [0, 0.1) is 0 Å². The first-order valence-electron chi connectivity index (χ1n) is 6.43. The molecule has 1 aromatic carbocycles. The van der Waals surface area contributed by atoms with E-state index in [1.807, 2.05) is 12.1 Å². The van der Waals surface area contributed by atoms with E-state index in [-0.39, 0.29) is 0 Å². The predicted octanol–water partition coefficient (Wildman–Crippen LogP) is 4.08. The summed E-state index contributed by atoms with van der Waals surface area (Å²) in [5.41, 5.74) is 1.04. The maximum absolute atomic E-state index is 5.59. The second kappa shape index (κ2) is 8.25. The van der Waals surface area contributed by atoms with Crippen molar-refractivity contribution in [2.45, 2.75) is 19.8 Å². The van der Waals surface area contributed by atoms with Crippen molar-refractivity contribution in [3.63, 3.8) is 0 Å². The first kappa shape index (κ1) is 15.2. The molecule has 0 amide bonds. The van der Waals surface area contributed by atoms with Crippen molar-refractivity contribution in [2.75, 3.05) is 20.8 Å². The van der Waals surface area contributed by atoms with Crippen LogP contribution in [0.4, 0.5) is 0 Å². The molecule has 0 unspecified atom stereocenters. The van der Waals surface area contributed by atoms with Crippen LogP contribution in [-0.4, -0.2) is 20.8 Å². The fourth-order valence-corrected chi connectivity index (χ4v) is 1.67. The van der Waals surface area contributed by atoms with Gasteiger partial charge in [0.25, 0.3) is 0 Å². The number of rotatable bonds is 8. The molecule has 0 atom stereocenters. The molecule has 0 aliphatic rings. The normalized spacial score (nSPS) is 10.5. The summed E-state index contributed by atoms with van der Waals surface area (Å²) in [6.07, 6.45) is 8.07. The topological polar surface area (TPSA) is 27.7 Å². The quantitative estimate of drug-likeness (QED) is 0.661. The first-order valence-corrected chi connectivity index (χ1v) is 6.43. The number of allylic oxidation sites excluding steroid dienone is 1. The number of methoxy groups -OCH3 is 2. The Hall–Kier alpha value is -1.90. The van der Waals surface area contributed by atoms with Gasteiger partial charge in [-0.1, -0.05) is 38.2 Å². The molecule has 1 aromatic rings. The Morgan fingerprint density at radius 2 is 1.79 bits per heavy atom. The average Bonchev–Trinajstić information content (AvgIpc) is 2.45. The van der Waals surface area contributed by atoms with Gasteiger partial charge in [-0.25, -0.2) is 0 Å². The lowest BCUT2D eigenvalue weighted by molar-refractivity contribution is 0.301. The standard InChI is InChI=1S/C16H22O3/c1-5-7-8-9-13-11-14(17-3)16(19-10-6-2)15(12-13)18-4/h6,8-9,11-12H,2,5,7,10H2,1,3-4H3/b9-8+. The van der Waals surface area contributed by atoms with Crippen LogP contribution in [-0.2, 0) is 0 Å². The van der Waals surface area contributed by atoms with Crippen molar-refractivity contribution in [2.24, 2.45) is 0 Å². The molecule has 0 radical (unpaired) electrons. The lowest BCUT2D eigenvalue weighted by Crippen LogP contribution is -1.99. The van der Waals surface area contributed by atoms with E-state index in [1.165, 1.54) is 0 Å². The van der Waals surface area contributed by atoms with Crippen LogP contribution >= 0.6 is 0 Å². The highest BCUT2D eigenvalue weighted by Crippen LogP contribution is 2.38. The SMILES string of the molecule is C=CCOc1c(OC)cc(/C=C/CCC)cc1OC. The first-order chi connectivity index (χ1) is 9.26. The zero-order valence-corrected chi connectivity index (χ0v) is 11.9. The van der Waals surface area contributed by atoms with Crippen molar-refractivity contribution in [1.29, 1.82) is 0 Å². The van der Waals surface area contributed by atoms with Crippen molar-refractivity contribution in [3.05, 3.63) is 36.4 Å². The molecular formula is C16H22O3. The van der Waals surface area contributed by atoms with Crippen LogP contribution < -0.4 is 14.2 Å². The second-order valence-corrected chi connectivity index (χ2v) is 4.05. The lowest BCUT2D eigenvalue weighted by Gasteiger charge is -2.14. The van der Waals surface area contributed by atoms with Crippen molar-refractivity contribution in [3.8, 4) is 17.2 Å². The highest BCUT2D eigenvalue weighted by atomic mass is 16.5. The van der Waals surface area contributed by atoms with Gasteiger partial charge in [0.15, 0.2) is 11.5 Å². The van der Waals surface area contributed by atoms with Crippen molar-refractivity contribution >= 4 is 6.08 Å². The molecule has 0 fully saturated rings. The minimum absolute atomic E-state index is 0.414. The van der Waals surface area contributed by atoms with E-state index in [0.29, 0.717) is 23.9 Å². The number of unbranched alkanes of at least 4 members (excludes halogenated alkanes) is 1. The van der Waals surface area contributed by atoms with Crippen LogP contribution in [0.15, 0.2) is 30.9 Å². The van der Waals surface area contributed by atoms with Crippen LogP contribution in [0.25, 0.3) is 6.08 Å². The summed E-state index contributed by atoms with van der Waals surface area (Å²) in [5.74, 6) is 1.94. The van der Waals surface area contributed by atoms with Gasteiger partial charge in [-0.3, -0.25) is 0 Å². The second-order valence-electron chi connectivity index (χ2n) is 4.05. The van der Waals surface area contributed by atoms with E-state index in [9.17, 15) is 0 Å². The molecule has 0 aliphatic carbocycles. The average molecular weight is 262 g/mol. The van der Waals surface area contributed by atoms with E-state index in [2.05, 4.69) is 25.7 Å². The molecule has 3 nitrogen and oxygen atoms in total. The highest BCUT2D eigenvalue weighted by Gasteiger charge is 2.12. The summed E-state index contributed by atoms with van der Waals surface area (Å²) >= 11 is 0. The Bertz CT molecular complexity index is 411. The van der Waals surface area contributed by atoms with Gasteiger partial charge in [-0.2, -0.15) is 0 Å². The molecule has 0 aromatic heterocycles. The van der Waals surface area contributed by atoms with Gasteiger partial charge in [-0.05, 0) is 24.1 Å². The molecule has 0 heterocycles. The summed E-state index contributed by atoms with van der Waals surface area (Å²) in [6.45, 7) is 6.20. The molecule has 0 saturated heterocycles. The van der Waals surface area contributed by atoms with Gasteiger partial charge in [0, 0.05) is 0 Å². The number of benzene rings is 1.